The summed E-state index contributed by atoms with van der Waals surface area (Å²) in [7, 11) is -3.85. The van der Waals surface area contributed by atoms with Crippen LogP contribution in [0.15, 0.2) is 38.5 Å². The van der Waals surface area contributed by atoms with E-state index in [9.17, 15) is 13.2 Å². The van der Waals surface area contributed by atoms with Crippen molar-refractivity contribution in [3.8, 4) is 0 Å². The number of hydrogen-bond donors (Lipinski definition) is 2. The molecular weight excluding hydrogens is 354 g/mol. The highest BCUT2D eigenvalue weighted by molar-refractivity contribution is 9.10. The number of rotatable bonds is 6. The molecule has 0 spiro atoms. The minimum absolute atomic E-state index is 0.115. The van der Waals surface area contributed by atoms with Gasteiger partial charge in [0.15, 0.2) is 4.67 Å². The number of sulfonamides is 1. The molecule has 2 heterocycles. The number of carbonyl (C=O) groups is 1. The van der Waals surface area contributed by atoms with Crippen molar-refractivity contribution < 1.29 is 22.7 Å². The third-order valence-corrected chi connectivity index (χ3v) is 4.67. The number of carboxylic acid groups (broad SMARTS) is 1. The van der Waals surface area contributed by atoms with Crippen molar-refractivity contribution in [2.45, 2.75) is 11.4 Å². The maximum absolute atomic E-state index is 12.0. The van der Waals surface area contributed by atoms with Crippen molar-refractivity contribution in [2.75, 3.05) is 6.54 Å². The van der Waals surface area contributed by atoms with E-state index in [0.29, 0.717) is 6.54 Å². The monoisotopic (exact) mass is 363 g/mol. The van der Waals surface area contributed by atoms with E-state index in [-0.39, 0.29) is 16.1 Å². The molecule has 2 rings (SSSR count). The largest absolute Gasteiger partial charge is 0.475 e. The van der Waals surface area contributed by atoms with E-state index in [4.69, 9.17) is 9.52 Å². The molecule has 0 aliphatic carbocycles. The zero-order valence-corrected chi connectivity index (χ0v) is 12.4. The van der Waals surface area contributed by atoms with Gasteiger partial charge in [0.25, 0.3) is 0 Å². The molecule has 0 saturated heterocycles. The molecule has 0 fully saturated rings. The number of nitrogens with one attached hydrogen (secondary N) is 1. The van der Waals surface area contributed by atoms with E-state index < -0.39 is 21.8 Å². The fourth-order valence-electron chi connectivity index (χ4n) is 1.45. The molecule has 0 aromatic carbocycles. The second-order valence-electron chi connectivity index (χ2n) is 3.72. The summed E-state index contributed by atoms with van der Waals surface area (Å²) in [6.45, 7) is 0.470. The van der Waals surface area contributed by atoms with Crippen LogP contribution in [0.25, 0.3) is 0 Å². The van der Waals surface area contributed by atoms with Crippen LogP contribution < -0.4 is 4.72 Å². The van der Waals surface area contributed by atoms with Crippen LogP contribution >= 0.6 is 15.9 Å². The minimum atomic E-state index is -3.85. The summed E-state index contributed by atoms with van der Waals surface area (Å²) in [5.74, 6) is -1.80. The van der Waals surface area contributed by atoms with Gasteiger partial charge in [-0.2, -0.15) is 5.10 Å². The second kappa shape index (κ2) is 5.77. The number of hydrogen-bond acceptors (Lipinski definition) is 5. The molecule has 8 nitrogen and oxygen atoms in total. The smallest absolute Gasteiger partial charge is 0.371 e. The average molecular weight is 364 g/mol. The van der Waals surface area contributed by atoms with Crippen LogP contribution in [-0.2, 0) is 16.6 Å². The highest BCUT2D eigenvalue weighted by atomic mass is 79.9. The lowest BCUT2D eigenvalue weighted by molar-refractivity contribution is 0.0661. The van der Waals surface area contributed by atoms with E-state index in [0.717, 1.165) is 6.07 Å². The van der Waals surface area contributed by atoms with Gasteiger partial charge >= 0.3 is 5.97 Å². The van der Waals surface area contributed by atoms with Gasteiger partial charge in [0.1, 0.15) is 4.90 Å². The number of nitrogens with zero attached hydrogens (tertiary/aromatic N) is 2. The number of aromatic nitrogens is 2. The highest BCUT2D eigenvalue weighted by Gasteiger charge is 2.24. The Bertz CT molecular complexity index is 707. The van der Waals surface area contributed by atoms with Gasteiger partial charge in [0.05, 0.1) is 6.54 Å². The Labute approximate surface area is 122 Å². The summed E-state index contributed by atoms with van der Waals surface area (Å²) < 4.78 is 32.5. The molecule has 108 valence electrons. The van der Waals surface area contributed by atoms with Crippen LogP contribution in [0.3, 0.4) is 0 Å². The Morgan fingerprint density at radius 2 is 2.30 bits per heavy atom. The lowest BCUT2D eigenvalue weighted by Crippen LogP contribution is -2.27. The van der Waals surface area contributed by atoms with Crippen molar-refractivity contribution in [1.82, 2.24) is 14.5 Å². The van der Waals surface area contributed by atoms with E-state index in [2.05, 4.69) is 25.8 Å². The predicted octanol–water partition coefficient (Wildman–Crippen LogP) is 0.915. The minimum Gasteiger partial charge on any atom is -0.475 e. The SMILES string of the molecule is O=C(O)c1cc(S(=O)(=O)NCCn2cccn2)c(Br)o1. The molecule has 0 aliphatic rings. The fourth-order valence-corrected chi connectivity index (χ4v) is 3.40. The van der Waals surface area contributed by atoms with Crippen molar-refractivity contribution in [2.24, 2.45) is 0 Å². The molecule has 2 N–H and O–H groups in total. The van der Waals surface area contributed by atoms with Crippen LogP contribution in [0, 0.1) is 0 Å². The lowest BCUT2D eigenvalue weighted by Gasteiger charge is -2.05. The van der Waals surface area contributed by atoms with Gasteiger partial charge in [-0.05, 0) is 22.0 Å². The standard InChI is InChI=1S/C10H10BrN3O5S/c11-9-8(6-7(19-9)10(15)16)20(17,18)13-3-5-14-4-1-2-12-14/h1-2,4,6,13H,3,5H2,(H,15,16). The first-order chi connectivity index (χ1) is 9.40. The molecule has 2 aromatic heterocycles. The van der Waals surface area contributed by atoms with Gasteiger partial charge in [0.2, 0.25) is 15.8 Å². The molecule has 0 aliphatic heterocycles. The molecule has 0 radical (unpaired) electrons. The van der Waals surface area contributed by atoms with Crippen molar-refractivity contribution in [1.29, 1.82) is 0 Å². The van der Waals surface area contributed by atoms with Crippen LogP contribution in [0.5, 0.6) is 0 Å². The summed E-state index contributed by atoms with van der Waals surface area (Å²) in [6, 6.07) is 2.67. The topological polar surface area (TPSA) is 114 Å². The predicted molar refractivity (Wildman–Crippen MR) is 70.8 cm³/mol. The van der Waals surface area contributed by atoms with E-state index in [1.54, 1.807) is 23.1 Å². The van der Waals surface area contributed by atoms with E-state index in [1.807, 2.05) is 0 Å². The Morgan fingerprint density at radius 3 is 2.85 bits per heavy atom. The quantitative estimate of drug-likeness (QED) is 0.788. The summed E-state index contributed by atoms with van der Waals surface area (Å²) in [5, 5.41) is 12.7. The average Bonchev–Trinajstić information content (AvgIpc) is 2.98. The zero-order valence-electron chi connectivity index (χ0n) is 9.98. The molecule has 0 unspecified atom stereocenters. The number of aromatic carboxylic acids is 1. The van der Waals surface area contributed by atoms with Crippen LogP contribution in [-0.4, -0.2) is 35.8 Å². The lowest BCUT2D eigenvalue weighted by atomic mass is 10.5. The Kier molecular flexibility index (Phi) is 4.26. The third kappa shape index (κ3) is 3.26. The van der Waals surface area contributed by atoms with Crippen LogP contribution in [0.2, 0.25) is 0 Å². The van der Waals surface area contributed by atoms with Gasteiger partial charge in [-0.15, -0.1) is 0 Å². The fraction of sp³-hybridized carbons (Fsp3) is 0.200. The molecule has 0 bridgehead atoms. The zero-order chi connectivity index (χ0) is 14.8. The van der Waals surface area contributed by atoms with Gasteiger partial charge in [-0.3, -0.25) is 4.68 Å². The summed E-state index contributed by atoms with van der Waals surface area (Å²) in [5.41, 5.74) is 0. The Balaban J connectivity index is 2.08. The van der Waals surface area contributed by atoms with Crippen LogP contribution in [0.4, 0.5) is 0 Å². The Morgan fingerprint density at radius 1 is 1.55 bits per heavy atom. The van der Waals surface area contributed by atoms with Gasteiger partial charge in [0, 0.05) is 25.0 Å². The number of furan rings is 1. The summed E-state index contributed by atoms with van der Waals surface area (Å²) >= 11 is 2.89. The highest BCUT2D eigenvalue weighted by Crippen LogP contribution is 2.25. The van der Waals surface area contributed by atoms with Crippen molar-refractivity contribution >= 4 is 31.9 Å². The number of halogens is 1. The molecule has 0 saturated carbocycles. The maximum Gasteiger partial charge on any atom is 0.371 e. The Hall–Kier alpha value is -1.65. The summed E-state index contributed by atoms with van der Waals surface area (Å²) in [6.07, 6.45) is 3.28. The number of carboxylic acids is 1. The van der Waals surface area contributed by atoms with E-state index in [1.165, 1.54) is 0 Å². The first-order valence-electron chi connectivity index (χ1n) is 5.40. The second-order valence-corrected chi connectivity index (χ2v) is 6.18. The molecule has 0 amide bonds. The third-order valence-electron chi connectivity index (χ3n) is 2.35. The van der Waals surface area contributed by atoms with E-state index >= 15 is 0 Å². The van der Waals surface area contributed by atoms with Crippen molar-refractivity contribution in [3.05, 3.63) is 35.0 Å². The molecule has 20 heavy (non-hydrogen) atoms. The van der Waals surface area contributed by atoms with Gasteiger partial charge in [-0.1, -0.05) is 0 Å². The first-order valence-corrected chi connectivity index (χ1v) is 7.67. The summed E-state index contributed by atoms with van der Waals surface area (Å²) in [4.78, 5) is 10.5. The first kappa shape index (κ1) is 14.8. The molecular formula is C10H10BrN3O5S. The normalized spacial score (nSPS) is 11.7. The van der Waals surface area contributed by atoms with Gasteiger partial charge < -0.3 is 9.52 Å². The molecule has 2 aromatic rings. The molecule has 0 atom stereocenters. The van der Waals surface area contributed by atoms with Gasteiger partial charge in [-0.25, -0.2) is 17.9 Å². The molecule has 10 heteroatoms. The maximum atomic E-state index is 12.0. The van der Waals surface area contributed by atoms with Crippen molar-refractivity contribution in [3.63, 3.8) is 0 Å². The van der Waals surface area contributed by atoms with Crippen LogP contribution in [0.1, 0.15) is 10.6 Å².